The zero-order valence-corrected chi connectivity index (χ0v) is 15.6. The molecule has 0 radical (unpaired) electrons. The first kappa shape index (κ1) is 20.7. The van der Waals surface area contributed by atoms with Crippen molar-refractivity contribution in [2.45, 2.75) is 50.1 Å². The summed E-state index contributed by atoms with van der Waals surface area (Å²) in [7, 11) is 0. The minimum atomic E-state index is -2.71. The third-order valence-corrected chi connectivity index (χ3v) is 5.60. The Morgan fingerprint density at radius 1 is 1.29 bits per heavy atom. The highest BCUT2D eigenvalue weighted by molar-refractivity contribution is 6.31. The third kappa shape index (κ3) is 4.68. The van der Waals surface area contributed by atoms with Crippen LogP contribution in [0.3, 0.4) is 0 Å². The fourth-order valence-corrected chi connectivity index (χ4v) is 3.80. The molecule has 10 heteroatoms. The van der Waals surface area contributed by atoms with Gasteiger partial charge in [0.1, 0.15) is 22.7 Å². The number of carbonyl (C=O) groups excluding carboxylic acids is 2. The van der Waals surface area contributed by atoms with Crippen LogP contribution in [0.2, 0.25) is 5.02 Å². The van der Waals surface area contributed by atoms with E-state index in [-0.39, 0.29) is 50.1 Å². The van der Waals surface area contributed by atoms with Crippen LogP contribution in [0.1, 0.15) is 43.7 Å². The van der Waals surface area contributed by atoms with Gasteiger partial charge in [-0.05, 0) is 31.2 Å². The van der Waals surface area contributed by atoms with E-state index in [0.29, 0.717) is 0 Å². The van der Waals surface area contributed by atoms with Crippen LogP contribution >= 0.6 is 11.6 Å². The van der Waals surface area contributed by atoms with Gasteiger partial charge in [-0.3, -0.25) is 4.79 Å². The molecule has 1 saturated carbocycles. The Morgan fingerprint density at radius 2 is 1.96 bits per heavy atom. The molecule has 28 heavy (non-hydrogen) atoms. The summed E-state index contributed by atoms with van der Waals surface area (Å²) in [6, 6.07) is -0.0511. The summed E-state index contributed by atoms with van der Waals surface area (Å²) in [4.78, 5) is 23.7. The zero-order valence-electron chi connectivity index (χ0n) is 14.8. The molecule has 2 fully saturated rings. The molecule has 1 saturated heterocycles. The quantitative estimate of drug-likeness (QED) is 0.501. The minimum Gasteiger partial charge on any atom is -0.347 e. The molecule has 2 atom stereocenters. The number of benzene rings is 1. The van der Waals surface area contributed by atoms with Crippen molar-refractivity contribution in [1.29, 1.82) is 0 Å². The van der Waals surface area contributed by atoms with Crippen LogP contribution in [0.4, 0.5) is 22.4 Å². The van der Waals surface area contributed by atoms with Crippen molar-refractivity contribution in [3.05, 3.63) is 34.4 Å². The van der Waals surface area contributed by atoms with Crippen LogP contribution in [-0.4, -0.2) is 30.4 Å². The molecule has 3 rings (SSSR count). The molecular formula is C18H20ClF4N3O2. The summed E-state index contributed by atoms with van der Waals surface area (Å²) in [5, 5.41) is 6.82. The summed E-state index contributed by atoms with van der Waals surface area (Å²) in [6.07, 6.45) is 0.130. The Balaban J connectivity index is 1.79. The van der Waals surface area contributed by atoms with Gasteiger partial charge in [-0.25, -0.2) is 22.4 Å². The number of amides is 3. The molecule has 3 N–H and O–H groups in total. The first-order valence-corrected chi connectivity index (χ1v) is 9.40. The van der Waals surface area contributed by atoms with Gasteiger partial charge in [-0.1, -0.05) is 17.7 Å². The van der Waals surface area contributed by atoms with Crippen LogP contribution in [0, 0.1) is 17.6 Å². The Kier molecular flexibility index (Phi) is 6.02. The Bertz CT molecular complexity index is 767. The Labute approximate surface area is 164 Å². The highest BCUT2D eigenvalue weighted by atomic mass is 35.5. The third-order valence-electron chi connectivity index (χ3n) is 5.25. The predicted octanol–water partition coefficient (Wildman–Crippen LogP) is 3.67. The van der Waals surface area contributed by atoms with Gasteiger partial charge in [-0.2, -0.15) is 0 Å². The number of urea groups is 1. The summed E-state index contributed by atoms with van der Waals surface area (Å²) in [5.74, 6) is -5.35. The van der Waals surface area contributed by atoms with Gasteiger partial charge in [0.05, 0.1) is 6.04 Å². The summed E-state index contributed by atoms with van der Waals surface area (Å²) in [6.45, 7) is 0.0691. The maximum Gasteiger partial charge on any atom is 0.315 e. The predicted molar refractivity (Wildman–Crippen MR) is 94.1 cm³/mol. The van der Waals surface area contributed by atoms with Crippen LogP contribution in [0.5, 0.6) is 0 Å². The number of rotatable bonds is 5. The lowest BCUT2D eigenvalue weighted by Gasteiger charge is -2.31. The van der Waals surface area contributed by atoms with Crippen LogP contribution in [0.15, 0.2) is 12.1 Å². The van der Waals surface area contributed by atoms with Crippen molar-refractivity contribution in [2.75, 3.05) is 6.54 Å². The molecule has 1 aromatic carbocycles. The summed E-state index contributed by atoms with van der Waals surface area (Å²) in [5.41, 5.74) is -0.0191. The summed E-state index contributed by atoms with van der Waals surface area (Å²) < 4.78 is 54.9. The monoisotopic (exact) mass is 421 g/mol. The van der Waals surface area contributed by atoms with E-state index < -0.39 is 46.6 Å². The highest BCUT2D eigenvalue weighted by Crippen LogP contribution is 2.40. The van der Waals surface area contributed by atoms with E-state index in [2.05, 4.69) is 16.0 Å². The maximum atomic E-state index is 14.6. The lowest BCUT2D eigenvalue weighted by atomic mass is 9.81. The summed E-state index contributed by atoms with van der Waals surface area (Å²) >= 11 is 5.66. The molecule has 0 aromatic heterocycles. The Hall–Kier alpha value is -2.03. The van der Waals surface area contributed by atoms with Crippen LogP contribution in [-0.2, 0) is 4.79 Å². The first-order valence-electron chi connectivity index (χ1n) is 9.02. The zero-order chi connectivity index (χ0) is 20.5. The highest BCUT2D eigenvalue weighted by Gasteiger charge is 2.37. The normalized spacial score (nSPS) is 23.0. The molecular weight excluding hydrogens is 402 g/mol. The number of alkyl halides is 2. The molecule has 1 heterocycles. The molecule has 154 valence electrons. The molecule has 2 aliphatic rings. The van der Waals surface area contributed by atoms with Gasteiger partial charge in [-0.15, -0.1) is 0 Å². The van der Waals surface area contributed by atoms with E-state index in [9.17, 15) is 27.2 Å². The van der Waals surface area contributed by atoms with E-state index >= 15 is 0 Å². The van der Waals surface area contributed by atoms with Crippen LogP contribution in [0.25, 0.3) is 0 Å². The fraction of sp³-hybridized carbons (Fsp3) is 0.556. The van der Waals surface area contributed by atoms with E-state index in [0.717, 1.165) is 6.07 Å². The SMILES string of the molecule is O=C1NC[C@@H](C(=O)NC(CC2CCC(F)(F)CC2)c2ccc(F)c(Cl)c2F)N1. The molecule has 1 aliphatic heterocycles. The lowest BCUT2D eigenvalue weighted by molar-refractivity contribution is -0.123. The van der Waals surface area contributed by atoms with Crippen molar-refractivity contribution in [3.63, 3.8) is 0 Å². The topological polar surface area (TPSA) is 70.2 Å². The smallest absolute Gasteiger partial charge is 0.315 e. The minimum absolute atomic E-state index is 0.0191. The number of hydrogen-bond donors (Lipinski definition) is 3. The molecule has 1 unspecified atom stereocenters. The number of hydrogen-bond acceptors (Lipinski definition) is 2. The second-order valence-corrected chi connectivity index (χ2v) is 7.65. The van der Waals surface area contributed by atoms with Crippen molar-refractivity contribution < 1.29 is 27.2 Å². The number of carbonyl (C=O) groups is 2. The van der Waals surface area contributed by atoms with Gasteiger partial charge in [0.25, 0.3) is 0 Å². The maximum absolute atomic E-state index is 14.6. The van der Waals surface area contributed by atoms with Gasteiger partial charge in [0, 0.05) is 24.9 Å². The van der Waals surface area contributed by atoms with Crippen molar-refractivity contribution in [1.82, 2.24) is 16.0 Å². The Morgan fingerprint density at radius 3 is 2.57 bits per heavy atom. The van der Waals surface area contributed by atoms with E-state index in [1.807, 2.05) is 0 Å². The average molecular weight is 422 g/mol. The molecule has 0 spiro atoms. The average Bonchev–Trinajstić information content (AvgIpc) is 3.07. The largest absolute Gasteiger partial charge is 0.347 e. The van der Waals surface area contributed by atoms with Crippen molar-refractivity contribution in [2.24, 2.45) is 5.92 Å². The molecule has 3 amide bonds. The lowest BCUT2D eigenvalue weighted by Crippen LogP contribution is -2.45. The standard InChI is InChI=1S/C18H20ClF4N3O2/c19-14-11(20)2-1-10(15(14)21)12(7-9-3-5-18(22,23)6-4-9)25-16(27)13-8-24-17(28)26-13/h1-2,9,12-13H,3-8H2,(H,25,27)(H2,24,26,28)/t12?,13-/m0/s1. The second kappa shape index (κ2) is 8.14. The molecule has 0 bridgehead atoms. The van der Waals surface area contributed by atoms with Gasteiger partial charge in [0.2, 0.25) is 11.8 Å². The fourth-order valence-electron chi connectivity index (χ4n) is 3.63. The van der Waals surface area contributed by atoms with Crippen LogP contribution < -0.4 is 16.0 Å². The van der Waals surface area contributed by atoms with E-state index in [1.165, 1.54) is 6.07 Å². The molecule has 1 aliphatic carbocycles. The van der Waals surface area contributed by atoms with Crippen molar-refractivity contribution >= 4 is 23.5 Å². The first-order chi connectivity index (χ1) is 13.2. The number of halogens is 5. The van der Waals surface area contributed by atoms with E-state index in [4.69, 9.17) is 11.6 Å². The van der Waals surface area contributed by atoms with Crippen molar-refractivity contribution in [3.8, 4) is 0 Å². The molecule has 1 aromatic rings. The van der Waals surface area contributed by atoms with E-state index in [1.54, 1.807) is 0 Å². The second-order valence-electron chi connectivity index (χ2n) is 7.27. The molecule has 5 nitrogen and oxygen atoms in total. The van der Waals surface area contributed by atoms with Gasteiger partial charge < -0.3 is 16.0 Å². The van der Waals surface area contributed by atoms with Gasteiger partial charge >= 0.3 is 6.03 Å². The van der Waals surface area contributed by atoms with Gasteiger partial charge in [0.15, 0.2) is 0 Å². The number of nitrogens with one attached hydrogen (secondary N) is 3.